The van der Waals surface area contributed by atoms with Crippen LogP contribution in [-0.4, -0.2) is 41.8 Å². The molecule has 2 aromatic carbocycles. The Bertz CT molecular complexity index is 1330. The molecule has 1 aromatic heterocycles. The number of nitrogens with two attached hydrogens (primary N) is 1. The maximum atomic E-state index is 13.2. The van der Waals surface area contributed by atoms with E-state index in [4.69, 9.17) is 9.88 Å². The lowest BCUT2D eigenvalue weighted by Crippen LogP contribution is -2.30. The van der Waals surface area contributed by atoms with Gasteiger partial charge in [0.05, 0.1) is 33.7 Å². The van der Waals surface area contributed by atoms with Crippen molar-refractivity contribution in [2.75, 3.05) is 11.9 Å². The zero-order valence-corrected chi connectivity index (χ0v) is 19.6. The quantitative estimate of drug-likeness (QED) is 0.385. The minimum atomic E-state index is -3.81. The highest BCUT2D eigenvalue weighted by Gasteiger charge is 2.23. The van der Waals surface area contributed by atoms with Crippen LogP contribution in [0, 0.1) is 0 Å². The summed E-state index contributed by atoms with van der Waals surface area (Å²) in [4.78, 5) is 30.6. The second-order valence-electron chi connectivity index (χ2n) is 7.78. The molecule has 1 aliphatic heterocycles. The lowest BCUT2D eigenvalue weighted by molar-refractivity contribution is -0.115. The van der Waals surface area contributed by atoms with Crippen molar-refractivity contribution in [3.8, 4) is 0 Å². The number of amides is 1. The van der Waals surface area contributed by atoms with Crippen molar-refractivity contribution in [2.24, 2.45) is 5.14 Å². The average molecular weight is 489 g/mol. The number of anilines is 1. The van der Waals surface area contributed by atoms with Gasteiger partial charge >= 0.3 is 0 Å². The second kappa shape index (κ2) is 9.64. The van der Waals surface area contributed by atoms with Crippen LogP contribution in [0.2, 0.25) is 0 Å². The molecule has 1 fully saturated rings. The first-order valence-electron chi connectivity index (χ1n) is 10.4. The Morgan fingerprint density at radius 3 is 2.67 bits per heavy atom. The van der Waals surface area contributed by atoms with E-state index in [1.807, 2.05) is 6.07 Å². The summed E-state index contributed by atoms with van der Waals surface area (Å²) in [5.74, 6) is -0.311. The van der Waals surface area contributed by atoms with E-state index < -0.39 is 15.3 Å². The number of sulfonamides is 1. The predicted octanol–water partition coefficient (Wildman–Crippen LogP) is 2.34. The monoisotopic (exact) mass is 488 g/mol. The first-order valence-corrected chi connectivity index (χ1v) is 12.9. The number of nitrogens with zero attached hydrogens (tertiary/aromatic N) is 2. The Balaban J connectivity index is 1.56. The Hall–Kier alpha value is -2.73. The molecular weight excluding hydrogens is 464 g/mol. The van der Waals surface area contributed by atoms with Gasteiger partial charge in [0.2, 0.25) is 15.9 Å². The number of hydrogen-bond acceptors (Lipinski definition) is 7. The molecular formula is C22H24N4O5S2. The number of aromatic nitrogens is 2. The molecule has 174 valence electrons. The summed E-state index contributed by atoms with van der Waals surface area (Å²) in [6.45, 7) is 2.77. The van der Waals surface area contributed by atoms with Crippen molar-refractivity contribution in [3.63, 3.8) is 0 Å². The van der Waals surface area contributed by atoms with Crippen molar-refractivity contribution in [3.05, 3.63) is 58.9 Å². The van der Waals surface area contributed by atoms with Gasteiger partial charge in [-0.2, -0.15) is 0 Å². The van der Waals surface area contributed by atoms with Crippen LogP contribution in [-0.2, 0) is 26.1 Å². The summed E-state index contributed by atoms with van der Waals surface area (Å²) in [6, 6.07) is 12.7. The first kappa shape index (κ1) is 23.4. The van der Waals surface area contributed by atoms with Crippen molar-refractivity contribution in [1.29, 1.82) is 0 Å². The Labute approximate surface area is 195 Å². The molecule has 0 unspecified atom stereocenters. The van der Waals surface area contributed by atoms with E-state index in [0.29, 0.717) is 34.9 Å². The van der Waals surface area contributed by atoms with Crippen LogP contribution in [0.4, 0.5) is 5.69 Å². The molecule has 1 saturated heterocycles. The summed E-state index contributed by atoms with van der Waals surface area (Å²) < 4.78 is 30.1. The molecule has 2 heterocycles. The molecule has 0 bridgehead atoms. The maximum Gasteiger partial charge on any atom is 0.262 e. The fraction of sp³-hybridized carbons (Fsp3) is 0.318. The third-order valence-electron chi connectivity index (χ3n) is 5.34. The molecule has 3 aromatic rings. The van der Waals surface area contributed by atoms with Gasteiger partial charge in [-0.05, 0) is 56.2 Å². The third-order valence-corrected chi connectivity index (χ3v) is 7.36. The largest absolute Gasteiger partial charge is 0.376 e. The summed E-state index contributed by atoms with van der Waals surface area (Å²) in [5.41, 5.74) is 0.840. The fourth-order valence-corrected chi connectivity index (χ4v) is 5.01. The molecule has 0 saturated carbocycles. The van der Waals surface area contributed by atoms with Crippen LogP contribution in [0.5, 0.6) is 0 Å². The molecule has 9 nitrogen and oxygen atoms in total. The molecule has 33 heavy (non-hydrogen) atoms. The third kappa shape index (κ3) is 5.44. The van der Waals surface area contributed by atoms with Crippen molar-refractivity contribution >= 4 is 44.3 Å². The second-order valence-corrected chi connectivity index (χ2v) is 10.7. The number of fused-ring (bicyclic) bond motifs is 1. The summed E-state index contributed by atoms with van der Waals surface area (Å²) in [6.07, 6.45) is 1.76. The van der Waals surface area contributed by atoms with E-state index in [2.05, 4.69) is 10.3 Å². The number of carbonyl (C=O) groups is 1. The molecule has 0 radical (unpaired) electrons. The van der Waals surface area contributed by atoms with Gasteiger partial charge in [0.1, 0.15) is 0 Å². The lowest BCUT2D eigenvalue weighted by atomic mass is 10.2. The Morgan fingerprint density at radius 2 is 2.00 bits per heavy atom. The Kier molecular flexibility index (Phi) is 6.84. The Morgan fingerprint density at radius 1 is 1.27 bits per heavy atom. The standard InChI is InChI=1S/C22H24N4O5S2/c1-14(20(27)24-15-8-10-17(11-9-15)33(23,29)30)32-22-25-19-7-3-2-6-18(19)21(28)26(22)13-16-5-4-12-31-16/h2-3,6-11,14,16H,4-5,12-13H2,1H3,(H,24,27)(H2,23,29,30)/t14-,16-/m1/s1. The van der Waals surface area contributed by atoms with Crippen LogP contribution in [0.3, 0.4) is 0 Å². The zero-order valence-electron chi connectivity index (χ0n) is 17.9. The molecule has 4 rings (SSSR count). The number of ether oxygens (including phenoxy) is 1. The van der Waals surface area contributed by atoms with Crippen LogP contribution in [0.15, 0.2) is 63.4 Å². The van der Waals surface area contributed by atoms with Crippen molar-refractivity contribution < 1.29 is 17.9 Å². The highest BCUT2D eigenvalue weighted by atomic mass is 32.2. The van der Waals surface area contributed by atoms with Gasteiger partial charge in [0, 0.05) is 12.3 Å². The number of para-hydroxylation sites is 1. The minimum Gasteiger partial charge on any atom is -0.376 e. The summed E-state index contributed by atoms with van der Waals surface area (Å²) in [7, 11) is -3.81. The first-order chi connectivity index (χ1) is 15.7. The van der Waals surface area contributed by atoms with E-state index in [9.17, 15) is 18.0 Å². The van der Waals surface area contributed by atoms with Gasteiger partial charge in [-0.1, -0.05) is 23.9 Å². The molecule has 1 amide bonds. The van der Waals surface area contributed by atoms with Crippen molar-refractivity contribution in [2.45, 2.75) is 47.7 Å². The van der Waals surface area contributed by atoms with E-state index >= 15 is 0 Å². The number of nitrogens with one attached hydrogen (secondary N) is 1. The number of benzene rings is 2. The normalized spacial score (nSPS) is 17.2. The number of hydrogen-bond donors (Lipinski definition) is 2. The van der Waals surface area contributed by atoms with Crippen LogP contribution < -0.4 is 16.0 Å². The van der Waals surface area contributed by atoms with Gasteiger partial charge < -0.3 is 10.1 Å². The summed E-state index contributed by atoms with van der Waals surface area (Å²) >= 11 is 1.19. The number of thioether (sulfide) groups is 1. The van der Waals surface area contributed by atoms with Gasteiger partial charge in [-0.25, -0.2) is 18.5 Å². The zero-order chi connectivity index (χ0) is 23.6. The number of carbonyl (C=O) groups excluding carboxylic acids is 1. The highest BCUT2D eigenvalue weighted by molar-refractivity contribution is 8.00. The maximum absolute atomic E-state index is 13.2. The fourth-order valence-electron chi connectivity index (χ4n) is 3.57. The van der Waals surface area contributed by atoms with E-state index in [-0.39, 0.29) is 22.5 Å². The van der Waals surface area contributed by atoms with E-state index in [0.717, 1.165) is 12.8 Å². The SMILES string of the molecule is C[C@@H](Sc1nc2ccccc2c(=O)n1C[C@H]1CCCO1)C(=O)Nc1ccc(S(N)(=O)=O)cc1. The van der Waals surface area contributed by atoms with Crippen LogP contribution >= 0.6 is 11.8 Å². The minimum absolute atomic E-state index is 0.0403. The molecule has 0 spiro atoms. The van der Waals surface area contributed by atoms with Gasteiger partial charge in [-0.15, -0.1) is 0 Å². The highest BCUT2D eigenvalue weighted by Crippen LogP contribution is 2.25. The van der Waals surface area contributed by atoms with Gasteiger partial charge in [0.15, 0.2) is 5.16 Å². The predicted molar refractivity (Wildman–Crippen MR) is 127 cm³/mol. The molecule has 2 atom stereocenters. The number of rotatable bonds is 7. The van der Waals surface area contributed by atoms with E-state index in [1.165, 1.54) is 36.0 Å². The van der Waals surface area contributed by atoms with Gasteiger partial charge in [-0.3, -0.25) is 14.2 Å². The smallest absolute Gasteiger partial charge is 0.262 e. The molecule has 1 aliphatic rings. The van der Waals surface area contributed by atoms with Crippen molar-refractivity contribution in [1.82, 2.24) is 9.55 Å². The topological polar surface area (TPSA) is 133 Å². The summed E-state index contributed by atoms with van der Waals surface area (Å²) in [5, 5.41) is 8.24. The molecule has 0 aliphatic carbocycles. The molecule has 3 N–H and O–H groups in total. The van der Waals surface area contributed by atoms with E-state index in [1.54, 1.807) is 29.7 Å². The lowest BCUT2D eigenvalue weighted by Gasteiger charge is -2.18. The van der Waals surface area contributed by atoms with Gasteiger partial charge in [0.25, 0.3) is 5.56 Å². The number of primary sulfonamides is 1. The molecule has 11 heteroatoms. The van der Waals surface area contributed by atoms with Crippen LogP contribution in [0.1, 0.15) is 19.8 Å². The van der Waals surface area contributed by atoms with Crippen LogP contribution in [0.25, 0.3) is 10.9 Å². The average Bonchev–Trinajstić information content (AvgIpc) is 3.29.